The van der Waals surface area contributed by atoms with Crippen LogP contribution in [0.25, 0.3) is 87.6 Å². The Kier molecular flexibility index (Phi) is 11.4. The lowest BCUT2D eigenvalue weighted by molar-refractivity contribution is 0.0877. The van der Waals surface area contributed by atoms with Gasteiger partial charge in [0, 0.05) is 43.8 Å². The highest BCUT2D eigenvalue weighted by Crippen LogP contribution is 2.57. The third-order valence-corrected chi connectivity index (χ3v) is 16.5. The molecule has 2 heterocycles. The fourth-order valence-corrected chi connectivity index (χ4v) is 13.0. The van der Waals surface area contributed by atoms with Crippen molar-refractivity contribution < 1.29 is 19.2 Å². The summed E-state index contributed by atoms with van der Waals surface area (Å²) in [4.78, 5) is 67.6. The van der Waals surface area contributed by atoms with E-state index in [2.05, 4.69) is 104 Å². The summed E-state index contributed by atoms with van der Waals surface area (Å²) in [7, 11) is 0. The first-order valence-electron chi connectivity index (χ1n) is 27.4. The van der Waals surface area contributed by atoms with Crippen LogP contribution >= 0.6 is 0 Å². The second-order valence-corrected chi connectivity index (χ2v) is 22.4. The van der Waals surface area contributed by atoms with Gasteiger partial charge in [0.15, 0.2) is 0 Å². The lowest BCUT2D eigenvalue weighted by Gasteiger charge is -2.35. The van der Waals surface area contributed by atoms with E-state index in [1.54, 1.807) is 0 Å². The molecular formula is C72H58N2O4. The van der Waals surface area contributed by atoms with Crippen molar-refractivity contribution in [2.45, 2.75) is 79.1 Å². The zero-order chi connectivity index (χ0) is 54.0. The summed E-state index contributed by atoms with van der Waals surface area (Å²) >= 11 is 0. The molecule has 0 aromatic heterocycles. The molecule has 13 rings (SSSR count). The van der Waals surface area contributed by atoms with Gasteiger partial charge >= 0.3 is 0 Å². The summed E-state index contributed by atoms with van der Waals surface area (Å²) in [6.45, 7) is 16.9. The number of carbonyl (C=O) groups excluding carboxylic acids is 4. The fourth-order valence-electron chi connectivity index (χ4n) is 13.0. The van der Waals surface area contributed by atoms with Gasteiger partial charge < -0.3 is 0 Å². The van der Waals surface area contributed by atoms with Crippen LogP contribution in [0.4, 0.5) is 11.4 Å². The van der Waals surface area contributed by atoms with Crippen LogP contribution in [0.2, 0.25) is 0 Å². The van der Waals surface area contributed by atoms with Crippen molar-refractivity contribution in [3.63, 3.8) is 0 Å². The van der Waals surface area contributed by atoms with E-state index >= 15 is 19.2 Å². The fraction of sp³-hybridized carbons (Fsp3) is 0.167. The molecule has 0 aliphatic carbocycles. The Labute approximate surface area is 454 Å². The van der Waals surface area contributed by atoms with Crippen molar-refractivity contribution in [2.75, 3.05) is 9.80 Å². The standard InChI is InChI=1S/C72H58N2O4/c1-39(2)47-31-21-32-48(40(3)4)67(47)73-69(75)55-35-51(43-23-13-9-14-24-43)61-63-53(45-27-17-11-18-28-45)37-57-60-58(72(78)74(71(57)77)68-49(41(5)6)33-22-34-50(68)42(7)8)38-54(46-29-19-12-20-30-46)64(66(60)63)62-52(44-25-15-10-16-26-44)36-56(70(73)76)59(55)65(61)62/h9-42H,1-8H3. The van der Waals surface area contributed by atoms with Gasteiger partial charge in [-0.25, -0.2) is 9.80 Å². The third kappa shape index (κ3) is 7.08. The highest BCUT2D eigenvalue weighted by Gasteiger charge is 2.43. The molecule has 6 nitrogen and oxygen atoms in total. The maximum Gasteiger partial charge on any atom is 0.266 e. The van der Waals surface area contributed by atoms with E-state index < -0.39 is 0 Å². The third-order valence-electron chi connectivity index (χ3n) is 16.5. The minimum absolute atomic E-state index is 0.00954. The lowest BCUT2D eigenvalue weighted by Crippen LogP contribution is -2.42. The Morgan fingerprint density at radius 1 is 0.244 bits per heavy atom. The van der Waals surface area contributed by atoms with Gasteiger partial charge in [0.2, 0.25) is 0 Å². The number of nitrogens with zero attached hydrogens (tertiary/aromatic N) is 2. The second-order valence-electron chi connectivity index (χ2n) is 22.4. The van der Waals surface area contributed by atoms with Crippen LogP contribution in [0.5, 0.6) is 0 Å². The molecule has 0 spiro atoms. The van der Waals surface area contributed by atoms with Gasteiger partial charge in [-0.3, -0.25) is 19.2 Å². The molecule has 78 heavy (non-hydrogen) atoms. The van der Waals surface area contributed by atoms with Crippen LogP contribution < -0.4 is 9.80 Å². The quantitative estimate of drug-likeness (QED) is 0.0777. The van der Waals surface area contributed by atoms with Crippen molar-refractivity contribution in [1.82, 2.24) is 0 Å². The summed E-state index contributed by atoms with van der Waals surface area (Å²) in [5.41, 5.74) is 13.4. The number of para-hydroxylation sites is 2. The minimum atomic E-state index is -0.383. The van der Waals surface area contributed by atoms with E-state index in [9.17, 15) is 0 Å². The number of benzene rings is 11. The van der Waals surface area contributed by atoms with Crippen molar-refractivity contribution in [2.24, 2.45) is 0 Å². The van der Waals surface area contributed by atoms with Crippen LogP contribution in [0.3, 0.4) is 0 Å². The molecule has 0 saturated carbocycles. The van der Waals surface area contributed by atoms with E-state index in [4.69, 9.17) is 0 Å². The van der Waals surface area contributed by atoms with Crippen LogP contribution in [0, 0.1) is 0 Å². The Hall–Kier alpha value is -9.00. The summed E-state index contributed by atoms with van der Waals surface area (Å²) in [5, 5.41) is 6.04. The molecule has 0 fully saturated rings. The highest BCUT2D eigenvalue weighted by atomic mass is 16.2. The van der Waals surface area contributed by atoms with E-state index in [1.807, 2.05) is 133 Å². The van der Waals surface area contributed by atoms with Gasteiger partial charge in [0.1, 0.15) is 0 Å². The van der Waals surface area contributed by atoms with E-state index in [0.29, 0.717) is 44.4 Å². The number of anilines is 2. The van der Waals surface area contributed by atoms with Crippen LogP contribution in [0.15, 0.2) is 182 Å². The molecular weight excluding hydrogens is 957 g/mol. The Morgan fingerprint density at radius 3 is 0.667 bits per heavy atom. The predicted octanol–water partition coefficient (Wildman–Crippen LogP) is 18.5. The van der Waals surface area contributed by atoms with Gasteiger partial charge in [-0.15, -0.1) is 0 Å². The number of imide groups is 2. The average Bonchev–Trinajstić information content (AvgIpc) is 3.20. The first kappa shape index (κ1) is 48.6. The van der Waals surface area contributed by atoms with Crippen molar-refractivity contribution in [3.8, 4) is 44.5 Å². The Balaban J connectivity index is 1.30. The molecule has 0 saturated heterocycles. The molecule has 6 heteroatoms. The number of rotatable bonds is 10. The van der Waals surface area contributed by atoms with Gasteiger partial charge in [0.05, 0.1) is 11.4 Å². The number of hydrogen-bond donors (Lipinski definition) is 0. The smallest absolute Gasteiger partial charge is 0.266 e. The highest BCUT2D eigenvalue weighted by molar-refractivity contribution is 6.50. The monoisotopic (exact) mass is 1010 g/mol. The van der Waals surface area contributed by atoms with Crippen LogP contribution in [0.1, 0.15) is 143 Å². The number of fused-ring (bicyclic) bond motifs is 2. The second kappa shape index (κ2) is 18.3. The topological polar surface area (TPSA) is 74.8 Å². The van der Waals surface area contributed by atoms with Crippen LogP contribution in [-0.2, 0) is 0 Å². The lowest BCUT2D eigenvalue weighted by atomic mass is 9.74. The zero-order valence-corrected chi connectivity index (χ0v) is 45.2. The summed E-state index contributed by atoms with van der Waals surface area (Å²) < 4.78 is 0. The zero-order valence-electron chi connectivity index (χ0n) is 45.2. The molecule has 380 valence electrons. The minimum Gasteiger partial charge on any atom is -0.268 e. The van der Waals surface area contributed by atoms with Gasteiger partial charge in [-0.05, 0) is 136 Å². The first-order chi connectivity index (χ1) is 37.8. The summed E-state index contributed by atoms with van der Waals surface area (Å²) in [5.74, 6) is -1.50. The SMILES string of the molecule is CC(C)c1cccc(C(C)C)c1N1C(=O)c2cc(-c3ccccc3)c3c4c(-c5ccccc5)cc5c6c(cc(-c7ccccc7)c(c7c(-c8ccccc8)cc(c2c37)C1=O)c64)C(=O)N(c1c(C(C)C)cccc1C(C)C)C5=O. The normalized spacial score (nSPS) is 13.6. The van der Waals surface area contributed by atoms with Gasteiger partial charge in [-0.1, -0.05) is 213 Å². The van der Waals surface area contributed by atoms with E-state index in [1.165, 1.54) is 9.80 Å². The average molecular weight is 1020 g/mol. The first-order valence-corrected chi connectivity index (χ1v) is 27.4. The molecule has 0 N–H and O–H groups in total. The Bertz CT molecular complexity index is 3790. The number of carbonyl (C=O) groups is 4. The van der Waals surface area contributed by atoms with E-state index in [0.717, 1.165) is 99.1 Å². The largest absolute Gasteiger partial charge is 0.268 e. The molecule has 4 amide bonds. The molecule has 0 bridgehead atoms. The number of hydrogen-bond acceptors (Lipinski definition) is 4. The molecule has 2 aliphatic rings. The maximum atomic E-state index is 16.2. The van der Waals surface area contributed by atoms with Gasteiger partial charge in [0.25, 0.3) is 23.6 Å². The molecule has 0 radical (unpaired) electrons. The molecule has 11 aromatic rings. The predicted molar refractivity (Wildman–Crippen MR) is 321 cm³/mol. The number of amides is 4. The van der Waals surface area contributed by atoms with E-state index in [-0.39, 0.29) is 47.3 Å². The van der Waals surface area contributed by atoms with Crippen molar-refractivity contribution in [3.05, 3.63) is 226 Å². The molecule has 2 aliphatic heterocycles. The van der Waals surface area contributed by atoms with Crippen molar-refractivity contribution >= 4 is 78.1 Å². The summed E-state index contributed by atoms with van der Waals surface area (Å²) in [6.07, 6.45) is 0. The van der Waals surface area contributed by atoms with Gasteiger partial charge in [-0.2, -0.15) is 0 Å². The maximum absolute atomic E-state index is 16.2. The van der Waals surface area contributed by atoms with Crippen LogP contribution in [-0.4, -0.2) is 23.6 Å². The molecule has 11 aromatic carbocycles. The van der Waals surface area contributed by atoms with Crippen molar-refractivity contribution in [1.29, 1.82) is 0 Å². The summed E-state index contributed by atoms with van der Waals surface area (Å²) in [6, 6.07) is 61.0. The molecule has 0 unspecified atom stereocenters. The Morgan fingerprint density at radius 2 is 0.462 bits per heavy atom. The molecule has 0 atom stereocenters.